The molecule has 0 amide bonds. The number of piperidine rings is 1. The number of rotatable bonds is 3. The molecule has 5 heteroatoms. The lowest BCUT2D eigenvalue weighted by atomic mass is 9.77. The first-order chi connectivity index (χ1) is 9.33. The van der Waals surface area contributed by atoms with Crippen LogP contribution < -0.4 is 10.2 Å². The molecule has 3 rings (SSSR count). The summed E-state index contributed by atoms with van der Waals surface area (Å²) in [4.78, 5) is 11.2. The molecule has 2 fully saturated rings. The van der Waals surface area contributed by atoms with Crippen molar-refractivity contribution in [1.82, 2.24) is 15.3 Å². The van der Waals surface area contributed by atoms with Crippen LogP contribution in [0.2, 0.25) is 0 Å². The van der Waals surface area contributed by atoms with E-state index in [4.69, 9.17) is 4.74 Å². The summed E-state index contributed by atoms with van der Waals surface area (Å²) in [6.45, 7) is 4.08. The normalized spacial score (nSPS) is 25.9. The molecule has 0 bridgehead atoms. The molecular formula is C14H22N4O. The second kappa shape index (κ2) is 5.43. The maximum atomic E-state index is 5.40. The van der Waals surface area contributed by atoms with Gasteiger partial charge in [-0.3, -0.25) is 0 Å². The molecule has 1 spiro atoms. The van der Waals surface area contributed by atoms with Crippen LogP contribution in [-0.2, 0) is 4.74 Å². The van der Waals surface area contributed by atoms with Gasteiger partial charge in [-0.2, -0.15) is 0 Å². The van der Waals surface area contributed by atoms with E-state index in [0.717, 1.165) is 32.2 Å². The summed E-state index contributed by atoms with van der Waals surface area (Å²) in [7, 11) is 1.78. The lowest BCUT2D eigenvalue weighted by molar-refractivity contribution is 0.164. The molecule has 104 valence electrons. The minimum Gasteiger partial charge on any atom is -0.383 e. The van der Waals surface area contributed by atoms with Gasteiger partial charge in [0.25, 0.3) is 0 Å². The molecule has 19 heavy (non-hydrogen) atoms. The summed E-state index contributed by atoms with van der Waals surface area (Å²) in [5.41, 5.74) is 0.424. The zero-order valence-corrected chi connectivity index (χ0v) is 11.5. The second-order valence-corrected chi connectivity index (χ2v) is 5.74. The predicted octanol–water partition coefficient (Wildman–Crippen LogP) is 1.07. The SMILES string of the molecule is COC[C@H]1CC2(CCNCC2)CN1c1ncccn1. The van der Waals surface area contributed by atoms with Crippen LogP contribution in [0.1, 0.15) is 19.3 Å². The standard InChI is InChI=1S/C14H22N4O/c1-19-10-12-9-14(3-7-15-8-4-14)11-18(12)13-16-5-2-6-17-13/h2,5-6,12,15H,3-4,7-11H2,1H3/t12-/m1/s1. The minimum absolute atomic E-state index is 0.408. The van der Waals surface area contributed by atoms with Crippen molar-refractivity contribution in [1.29, 1.82) is 0 Å². The summed E-state index contributed by atoms with van der Waals surface area (Å²) in [5, 5.41) is 3.46. The van der Waals surface area contributed by atoms with E-state index < -0.39 is 0 Å². The molecule has 1 atom stereocenters. The van der Waals surface area contributed by atoms with Crippen LogP contribution in [0.4, 0.5) is 5.95 Å². The van der Waals surface area contributed by atoms with Crippen LogP contribution >= 0.6 is 0 Å². The number of methoxy groups -OCH3 is 1. The highest BCUT2D eigenvalue weighted by molar-refractivity contribution is 5.34. The van der Waals surface area contributed by atoms with Gasteiger partial charge in [-0.05, 0) is 43.8 Å². The van der Waals surface area contributed by atoms with E-state index in [0.29, 0.717) is 11.5 Å². The topological polar surface area (TPSA) is 50.3 Å². The molecule has 2 saturated heterocycles. The fraction of sp³-hybridized carbons (Fsp3) is 0.714. The lowest BCUT2D eigenvalue weighted by Crippen LogP contribution is -2.39. The Morgan fingerprint density at radius 3 is 2.79 bits per heavy atom. The Balaban J connectivity index is 1.81. The highest BCUT2D eigenvalue weighted by Crippen LogP contribution is 2.42. The Bertz CT molecular complexity index is 405. The third-order valence-electron chi connectivity index (χ3n) is 4.45. The number of nitrogens with one attached hydrogen (secondary N) is 1. The molecule has 0 aromatic carbocycles. The lowest BCUT2D eigenvalue weighted by Gasteiger charge is -2.33. The first kappa shape index (κ1) is 12.8. The van der Waals surface area contributed by atoms with Gasteiger partial charge in [0.05, 0.1) is 12.6 Å². The number of hydrogen-bond acceptors (Lipinski definition) is 5. The number of nitrogens with zero attached hydrogens (tertiary/aromatic N) is 3. The maximum Gasteiger partial charge on any atom is 0.225 e. The quantitative estimate of drug-likeness (QED) is 0.883. The second-order valence-electron chi connectivity index (χ2n) is 5.74. The summed E-state index contributed by atoms with van der Waals surface area (Å²) in [6, 6.07) is 2.27. The van der Waals surface area contributed by atoms with Crippen molar-refractivity contribution in [3.8, 4) is 0 Å². The molecule has 1 N–H and O–H groups in total. The summed E-state index contributed by atoms with van der Waals surface area (Å²) >= 11 is 0. The van der Waals surface area contributed by atoms with Gasteiger partial charge >= 0.3 is 0 Å². The maximum absolute atomic E-state index is 5.40. The van der Waals surface area contributed by atoms with Gasteiger partial charge in [0.2, 0.25) is 5.95 Å². The van der Waals surface area contributed by atoms with Crippen molar-refractivity contribution in [3.05, 3.63) is 18.5 Å². The van der Waals surface area contributed by atoms with Crippen LogP contribution in [0.5, 0.6) is 0 Å². The van der Waals surface area contributed by atoms with E-state index in [-0.39, 0.29) is 0 Å². The van der Waals surface area contributed by atoms with Gasteiger partial charge in [-0.25, -0.2) is 9.97 Å². The third-order valence-corrected chi connectivity index (χ3v) is 4.45. The molecule has 3 heterocycles. The molecule has 5 nitrogen and oxygen atoms in total. The predicted molar refractivity (Wildman–Crippen MR) is 74.2 cm³/mol. The third kappa shape index (κ3) is 2.58. The monoisotopic (exact) mass is 262 g/mol. The molecule has 0 radical (unpaired) electrons. The molecular weight excluding hydrogens is 240 g/mol. The molecule has 0 saturated carbocycles. The van der Waals surface area contributed by atoms with E-state index in [1.807, 2.05) is 18.5 Å². The summed E-state index contributed by atoms with van der Waals surface area (Å²) in [5.74, 6) is 0.847. The van der Waals surface area contributed by atoms with E-state index in [1.165, 1.54) is 19.3 Å². The number of ether oxygens (including phenoxy) is 1. The highest BCUT2D eigenvalue weighted by atomic mass is 16.5. The van der Waals surface area contributed by atoms with Gasteiger partial charge in [-0.15, -0.1) is 0 Å². The molecule has 1 aromatic rings. The molecule has 2 aliphatic rings. The Hall–Kier alpha value is -1.20. The van der Waals surface area contributed by atoms with Gasteiger partial charge in [-0.1, -0.05) is 0 Å². The van der Waals surface area contributed by atoms with Crippen molar-refractivity contribution >= 4 is 5.95 Å². The van der Waals surface area contributed by atoms with E-state index >= 15 is 0 Å². The number of hydrogen-bond donors (Lipinski definition) is 1. The van der Waals surface area contributed by atoms with Crippen LogP contribution in [0.3, 0.4) is 0 Å². The largest absolute Gasteiger partial charge is 0.383 e. The van der Waals surface area contributed by atoms with E-state index in [1.54, 1.807) is 7.11 Å². The molecule has 1 aromatic heterocycles. The summed E-state index contributed by atoms with van der Waals surface area (Å²) in [6.07, 6.45) is 7.33. The average Bonchev–Trinajstić information content (AvgIpc) is 2.79. The van der Waals surface area contributed by atoms with Crippen LogP contribution in [0, 0.1) is 5.41 Å². The van der Waals surface area contributed by atoms with Crippen molar-refractivity contribution < 1.29 is 4.74 Å². The smallest absolute Gasteiger partial charge is 0.225 e. The highest BCUT2D eigenvalue weighted by Gasteiger charge is 2.45. The Morgan fingerprint density at radius 1 is 1.37 bits per heavy atom. The average molecular weight is 262 g/mol. The van der Waals surface area contributed by atoms with Gasteiger partial charge in [0.1, 0.15) is 0 Å². The van der Waals surface area contributed by atoms with E-state index in [9.17, 15) is 0 Å². The van der Waals surface area contributed by atoms with Crippen LogP contribution in [-0.4, -0.2) is 49.4 Å². The zero-order valence-electron chi connectivity index (χ0n) is 11.5. The van der Waals surface area contributed by atoms with Crippen molar-refractivity contribution in [2.45, 2.75) is 25.3 Å². The van der Waals surface area contributed by atoms with Gasteiger partial charge in [0, 0.05) is 26.0 Å². The molecule has 2 aliphatic heterocycles. The Morgan fingerprint density at radius 2 is 2.11 bits per heavy atom. The summed E-state index contributed by atoms with van der Waals surface area (Å²) < 4.78 is 5.40. The molecule has 0 aliphatic carbocycles. The van der Waals surface area contributed by atoms with Gasteiger partial charge < -0.3 is 15.0 Å². The fourth-order valence-electron chi connectivity index (χ4n) is 3.50. The first-order valence-corrected chi connectivity index (χ1v) is 7.06. The first-order valence-electron chi connectivity index (χ1n) is 7.06. The van der Waals surface area contributed by atoms with Crippen molar-refractivity contribution in [2.24, 2.45) is 5.41 Å². The fourth-order valence-corrected chi connectivity index (χ4v) is 3.50. The number of aromatic nitrogens is 2. The van der Waals surface area contributed by atoms with Gasteiger partial charge in [0.15, 0.2) is 0 Å². The minimum atomic E-state index is 0.408. The van der Waals surface area contributed by atoms with Crippen molar-refractivity contribution in [3.63, 3.8) is 0 Å². The molecule has 0 unspecified atom stereocenters. The van der Waals surface area contributed by atoms with E-state index in [2.05, 4.69) is 20.2 Å². The number of anilines is 1. The van der Waals surface area contributed by atoms with Crippen LogP contribution in [0.25, 0.3) is 0 Å². The van der Waals surface area contributed by atoms with Crippen molar-refractivity contribution in [2.75, 3.05) is 38.3 Å². The Labute approximate surface area is 114 Å². The zero-order chi connectivity index (χ0) is 13.1. The Kier molecular flexibility index (Phi) is 3.66. The van der Waals surface area contributed by atoms with Crippen LogP contribution in [0.15, 0.2) is 18.5 Å².